The van der Waals surface area contributed by atoms with Crippen molar-refractivity contribution in [3.8, 4) is 0 Å². The van der Waals surface area contributed by atoms with Crippen LogP contribution >= 0.6 is 0 Å². The van der Waals surface area contributed by atoms with Gasteiger partial charge in [-0.25, -0.2) is 9.97 Å². The van der Waals surface area contributed by atoms with Crippen molar-refractivity contribution >= 4 is 11.6 Å². The van der Waals surface area contributed by atoms with Gasteiger partial charge in [-0.05, 0) is 69.5 Å². The predicted octanol–water partition coefficient (Wildman–Crippen LogP) is 2.50. The molecule has 1 saturated heterocycles. The third-order valence-corrected chi connectivity index (χ3v) is 4.98. The molecule has 2 aromatic heterocycles. The van der Waals surface area contributed by atoms with Crippen LogP contribution in [0, 0.1) is 13.8 Å². The van der Waals surface area contributed by atoms with Crippen molar-refractivity contribution in [2.24, 2.45) is 0 Å². The van der Waals surface area contributed by atoms with E-state index >= 15 is 0 Å². The van der Waals surface area contributed by atoms with E-state index in [9.17, 15) is 0 Å². The lowest BCUT2D eigenvalue weighted by molar-refractivity contribution is -0.0379. The van der Waals surface area contributed by atoms with Crippen molar-refractivity contribution in [3.63, 3.8) is 0 Å². The van der Waals surface area contributed by atoms with Crippen molar-refractivity contribution in [1.29, 1.82) is 0 Å². The summed E-state index contributed by atoms with van der Waals surface area (Å²) >= 11 is 0. The molecule has 0 aliphatic carbocycles. The Morgan fingerprint density at radius 2 is 1.54 bits per heavy atom. The molecule has 152 valence electrons. The van der Waals surface area contributed by atoms with E-state index in [0.29, 0.717) is 31.5 Å². The van der Waals surface area contributed by atoms with E-state index in [1.54, 1.807) is 0 Å². The fourth-order valence-corrected chi connectivity index (χ4v) is 3.87. The Kier molecular flexibility index (Phi) is 5.88. The molecule has 3 heterocycles. The number of hydrogen-bond donors (Lipinski definition) is 3. The molecule has 7 nitrogen and oxygen atoms in total. The minimum absolute atomic E-state index is 0.164. The summed E-state index contributed by atoms with van der Waals surface area (Å²) in [6.07, 6.45) is 0.838. The second-order valence-electron chi connectivity index (χ2n) is 8.44. The van der Waals surface area contributed by atoms with Crippen LogP contribution < -0.4 is 16.8 Å². The number of pyridine rings is 2. The highest BCUT2D eigenvalue weighted by Crippen LogP contribution is 2.31. The molecule has 3 rings (SSSR count). The summed E-state index contributed by atoms with van der Waals surface area (Å²) in [5, 5.41) is 3.55. The number of aryl methyl sites for hydroxylation is 2. The molecule has 0 spiro atoms. The minimum Gasteiger partial charge on any atom is -0.384 e. The third kappa shape index (κ3) is 5.41. The number of ether oxygens (including phenoxy) is 2. The van der Waals surface area contributed by atoms with Crippen molar-refractivity contribution in [3.05, 3.63) is 46.8 Å². The summed E-state index contributed by atoms with van der Waals surface area (Å²) in [7, 11) is 0. The highest BCUT2D eigenvalue weighted by atomic mass is 16.5. The van der Waals surface area contributed by atoms with E-state index in [2.05, 4.69) is 29.1 Å². The van der Waals surface area contributed by atoms with Gasteiger partial charge in [0.2, 0.25) is 0 Å². The molecule has 2 atom stereocenters. The van der Waals surface area contributed by atoms with E-state index in [1.807, 2.05) is 38.1 Å². The van der Waals surface area contributed by atoms with Gasteiger partial charge < -0.3 is 26.3 Å². The average molecular weight is 386 g/mol. The fourth-order valence-electron chi connectivity index (χ4n) is 3.87. The first-order valence-electron chi connectivity index (χ1n) is 9.58. The molecule has 2 aromatic rings. The Morgan fingerprint density at radius 1 is 0.964 bits per heavy atom. The average Bonchev–Trinajstić information content (AvgIpc) is 2.87. The molecule has 0 bridgehead atoms. The predicted molar refractivity (Wildman–Crippen MR) is 111 cm³/mol. The lowest BCUT2D eigenvalue weighted by atomic mass is 9.93. The van der Waals surface area contributed by atoms with Crippen molar-refractivity contribution < 1.29 is 9.47 Å². The molecule has 5 N–H and O–H groups in total. The Labute approximate surface area is 166 Å². The largest absolute Gasteiger partial charge is 0.384 e. The van der Waals surface area contributed by atoms with Gasteiger partial charge in [0.1, 0.15) is 11.6 Å². The number of nitrogen functional groups attached to an aromatic ring is 2. The van der Waals surface area contributed by atoms with E-state index in [1.165, 1.54) is 0 Å². The topological polar surface area (TPSA) is 108 Å². The number of hydrogen-bond acceptors (Lipinski definition) is 7. The van der Waals surface area contributed by atoms with Gasteiger partial charge in [-0.2, -0.15) is 0 Å². The zero-order chi connectivity index (χ0) is 20.4. The SMILES string of the molecule is Cc1cc(N)nc(COC[C@@]2(C)C[C@@](C)(OCc3cc(C)cc(N)n3)CN2)c1. The van der Waals surface area contributed by atoms with Crippen LogP contribution in [-0.2, 0) is 22.7 Å². The van der Waals surface area contributed by atoms with Crippen LogP contribution in [0.3, 0.4) is 0 Å². The van der Waals surface area contributed by atoms with Gasteiger partial charge in [0.15, 0.2) is 0 Å². The lowest BCUT2D eigenvalue weighted by Gasteiger charge is -2.28. The summed E-state index contributed by atoms with van der Waals surface area (Å²) in [6, 6.07) is 7.70. The molecule has 0 saturated carbocycles. The number of anilines is 2. The van der Waals surface area contributed by atoms with Gasteiger partial charge in [0.05, 0.1) is 36.8 Å². The first-order chi connectivity index (χ1) is 13.1. The van der Waals surface area contributed by atoms with Gasteiger partial charge >= 0.3 is 0 Å². The quantitative estimate of drug-likeness (QED) is 0.672. The second kappa shape index (κ2) is 8.03. The Bertz CT molecular complexity index is 803. The Hall–Kier alpha value is -2.22. The summed E-state index contributed by atoms with van der Waals surface area (Å²) in [5.74, 6) is 1.05. The zero-order valence-electron chi connectivity index (χ0n) is 17.2. The van der Waals surface area contributed by atoms with Crippen LogP contribution in [0.2, 0.25) is 0 Å². The summed E-state index contributed by atoms with van der Waals surface area (Å²) in [4.78, 5) is 8.67. The molecule has 7 heteroatoms. The van der Waals surface area contributed by atoms with Crippen LogP contribution in [0.1, 0.15) is 42.8 Å². The molecule has 0 aromatic carbocycles. The van der Waals surface area contributed by atoms with E-state index in [-0.39, 0.29) is 11.1 Å². The highest BCUT2D eigenvalue weighted by Gasteiger charge is 2.43. The summed E-state index contributed by atoms with van der Waals surface area (Å²) in [5.41, 5.74) is 15.1. The van der Waals surface area contributed by atoms with Gasteiger partial charge in [-0.1, -0.05) is 0 Å². The van der Waals surface area contributed by atoms with Crippen LogP contribution in [0.4, 0.5) is 11.6 Å². The maximum Gasteiger partial charge on any atom is 0.123 e. The first kappa shape index (κ1) is 20.5. The third-order valence-electron chi connectivity index (χ3n) is 4.98. The Morgan fingerprint density at radius 3 is 2.11 bits per heavy atom. The van der Waals surface area contributed by atoms with Gasteiger partial charge in [0.25, 0.3) is 0 Å². The highest BCUT2D eigenvalue weighted by molar-refractivity contribution is 5.34. The molecule has 1 aliphatic rings. The molecule has 28 heavy (non-hydrogen) atoms. The maximum atomic E-state index is 6.21. The second-order valence-corrected chi connectivity index (χ2v) is 8.44. The number of aromatic nitrogens is 2. The van der Waals surface area contributed by atoms with Crippen molar-refractivity contribution in [1.82, 2.24) is 15.3 Å². The van der Waals surface area contributed by atoms with E-state index < -0.39 is 0 Å². The minimum atomic E-state index is -0.287. The van der Waals surface area contributed by atoms with Crippen LogP contribution in [-0.4, -0.2) is 34.3 Å². The van der Waals surface area contributed by atoms with Gasteiger partial charge in [-0.3, -0.25) is 0 Å². The summed E-state index contributed by atoms with van der Waals surface area (Å²) < 4.78 is 12.2. The number of nitrogens with one attached hydrogen (secondary N) is 1. The smallest absolute Gasteiger partial charge is 0.123 e. The van der Waals surface area contributed by atoms with E-state index in [0.717, 1.165) is 35.5 Å². The van der Waals surface area contributed by atoms with Gasteiger partial charge in [-0.15, -0.1) is 0 Å². The number of rotatable bonds is 7. The van der Waals surface area contributed by atoms with Crippen LogP contribution in [0.25, 0.3) is 0 Å². The molecule has 1 fully saturated rings. The van der Waals surface area contributed by atoms with Crippen molar-refractivity contribution in [2.45, 2.75) is 58.5 Å². The van der Waals surface area contributed by atoms with Crippen molar-refractivity contribution in [2.75, 3.05) is 24.6 Å². The summed E-state index contributed by atoms with van der Waals surface area (Å²) in [6.45, 7) is 10.5. The first-order valence-corrected chi connectivity index (χ1v) is 9.58. The molecule has 0 unspecified atom stereocenters. The monoisotopic (exact) mass is 385 g/mol. The van der Waals surface area contributed by atoms with Crippen LogP contribution in [0.15, 0.2) is 24.3 Å². The molecule has 0 radical (unpaired) electrons. The maximum absolute atomic E-state index is 6.21. The molecule has 0 amide bonds. The van der Waals surface area contributed by atoms with Gasteiger partial charge in [0, 0.05) is 12.1 Å². The zero-order valence-corrected chi connectivity index (χ0v) is 17.2. The Balaban J connectivity index is 1.52. The van der Waals surface area contributed by atoms with E-state index in [4.69, 9.17) is 20.9 Å². The molecular formula is C21H31N5O2. The molecule has 1 aliphatic heterocycles. The number of nitrogens with two attached hydrogens (primary N) is 2. The number of nitrogens with zero attached hydrogens (tertiary/aromatic N) is 2. The fraction of sp³-hybridized carbons (Fsp3) is 0.524. The normalized spacial score (nSPS) is 24.6. The lowest BCUT2D eigenvalue weighted by Crippen LogP contribution is -2.40. The molecular weight excluding hydrogens is 354 g/mol. The van der Waals surface area contributed by atoms with Crippen LogP contribution in [0.5, 0.6) is 0 Å². The standard InChI is InChI=1S/C21H31N5O2/c1-14-5-16(25-18(22)7-14)9-27-13-20(3)11-21(4,12-24-20)28-10-17-6-15(2)8-19(23)26-17/h5-8,24H,9-13H2,1-4H3,(H2,22,25)(H2,23,26)/t20-,21-/m1/s1.